The Morgan fingerprint density at radius 2 is 1.72 bits per heavy atom. The highest BCUT2D eigenvalue weighted by Crippen LogP contribution is 2.15. The summed E-state index contributed by atoms with van der Waals surface area (Å²) in [5.41, 5.74) is 2.29. The molecule has 0 N–H and O–H groups in total. The Kier molecular flexibility index (Phi) is 9.51. The van der Waals surface area contributed by atoms with E-state index in [1.54, 1.807) is 19.2 Å². The van der Waals surface area contributed by atoms with Gasteiger partial charge in [0, 0.05) is 31.9 Å². The van der Waals surface area contributed by atoms with E-state index in [1.807, 2.05) is 12.1 Å². The number of Topliss-reactive ketones (excluding diaryl/α,β-unsaturated/α-hetero) is 2. The maximum Gasteiger partial charge on any atom is 0.139 e. The van der Waals surface area contributed by atoms with Gasteiger partial charge < -0.3 is 14.3 Å². The smallest absolute Gasteiger partial charge is 0.139 e. The van der Waals surface area contributed by atoms with Gasteiger partial charge in [0.25, 0.3) is 0 Å². The Labute approximate surface area is 172 Å². The van der Waals surface area contributed by atoms with E-state index in [-0.39, 0.29) is 36.3 Å². The SMILES string of the molecule is COC[C@@H](CC(C)=O)C(=O)CCc1ccc(CCCOc2cccc(F)c2)cc1. The molecule has 1 atom stereocenters. The Morgan fingerprint density at radius 3 is 2.34 bits per heavy atom. The molecule has 0 radical (unpaired) electrons. The molecule has 29 heavy (non-hydrogen) atoms. The lowest BCUT2D eigenvalue weighted by molar-refractivity contribution is -0.128. The Balaban J connectivity index is 1.73. The lowest BCUT2D eigenvalue weighted by Gasteiger charge is -2.13. The molecular formula is C24H29FO4. The number of hydrogen-bond donors (Lipinski definition) is 0. The molecule has 0 aromatic heterocycles. The minimum absolute atomic E-state index is 0.00568. The van der Waals surface area contributed by atoms with E-state index in [0.29, 0.717) is 25.2 Å². The number of aryl methyl sites for hydroxylation is 2. The number of halogens is 1. The summed E-state index contributed by atoms with van der Waals surface area (Å²) >= 11 is 0. The fourth-order valence-corrected chi connectivity index (χ4v) is 3.18. The Hall–Kier alpha value is -2.53. The maximum absolute atomic E-state index is 13.1. The van der Waals surface area contributed by atoms with Crippen molar-refractivity contribution in [1.29, 1.82) is 0 Å². The van der Waals surface area contributed by atoms with Crippen molar-refractivity contribution in [3.05, 3.63) is 65.5 Å². The molecule has 2 rings (SSSR count). The molecule has 156 valence electrons. The Bertz CT molecular complexity index is 786. The average Bonchev–Trinajstić information content (AvgIpc) is 2.70. The fourth-order valence-electron chi connectivity index (χ4n) is 3.18. The predicted molar refractivity (Wildman–Crippen MR) is 111 cm³/mol. The first-order chi connectivity index (χ1) is 14.0. The minimum Gasteiger partial charge on any atom is -0.493 e. The number of hydrogen-bond acceptors (Lipinski definition) is 4. The molecule has 4 nitrogen and oxygen atoms in total. The van der Waals surface area contributed by atoms with Crippen LogP contribution in [0.2, 0.25) is 0 Å². The van der Waals surface area contributed by atoms with Gasteiger partial charge in [-0.25, -0.2) is 4.39 Å². The number of benzene rings is 2. The summed E-state index contributed by atoms with van der Waals surface area (Å²) in [5, 5.41) is 0. The topological polar surface area (TPSA) is 52.6 Å². The van der Waals surface area contributed by atoms with Crippen LogP contribution in [0.5, 0.6) is 5.75 Å². The van der Waals surface area contributed by atoms with Gasteiger partial charge in [-0.2, -0.15) is 0 Å². The fraction of sp³-hybridized carbons (Fsp3) is 0.417. The third-order valence-electron chi connectivity index (χ3n) is 4.71. The zero-order valence-electron chi connectivity index (χ0n) is 17.2. The number of ether oxygens (including phenoxy) is 2. The molecule has 0 saturated carbocycles. The number of ketones is 2. The van der Waals surface area contributed by atoms with E-state index in [1.165, 1.54) is 24.6 Å². The molecule has 0 aliphatic carbocycles. The molecule has 5 heteroatoms. The second kappa shape index (κ2) is 12.1. The largest absolute Gasteiger partial charge is 0.493 e. The normalized spacial score (nSPS) is 11.8. The summed E-state index contributed by atoms with van der Waals surface area (Å²) in [6.45, 7) is 2.31. The standard InChI is InChI=1S/C24H29FO4/c1-18(26)15-21(17-28-2)24(27)13-12-20-10-8-19(9-11-20)5-4-14-29-23-7-3-6-22(25)16-23/h3,6-11,16,21H,4-5,12-15,17H2,1-2H3/t21-/m1/s1. The summed E-state index contributed by atoms with van der Waals surface area (Å²) in [6, 6.07) is 14.3. The van der Waals surface area contributed by atoms with Crippen molar-refractivity contribution in [1.82, 2.24) is 0 Å². The third kappa shape index (κ3) is 8.57. The van der Waals surface area contributed by atoms with Gasteiger partial charge >= 0.3 is 0 Å². The molecular weight excluding hydrogens is 371 g/mol. The first kappa shape index (κ1) is 22.8. The number of carbonyl (C=O) groups is 2. The van der Waals surface area contributed by atoms with Crippen molar-refractivity contribution in [2.45, 2.75) is 39.0 Å². The van der Waals surface area contributed by atoms with E-state index in [0.717, 1.165) is 18.4 Å². The highest BCUT2D eigenvalue weighted by atomic mass is 19.1. The molecule has 2 aromatic rings. The average molecular weight is 400 g/mol. The van der Waals surface area contributed by atoms with Gasteiger partial charge in [-0.05, 0) is 49.4 Å². The van der Waals surface area contributed by atoms with Crippen LogP contribution in [0, 0.1) is 11.7 Å². The second-order valence-electron chi connectivity index (χ2n) is 7.25. The number of methoxy groups -OCH3 is 1. The van der Waals surface area contributed by atoms with Gasteiger partial charge in [0.05, 0.1) is 13.2 Å². The summed E-state index contributed by atoms with van der Waals surface area (Å²) in [6.07, 6.45) is 2.99. The Morgan fingerprint density at radius 1 is 1.03 bits per heavy atom. The van der Waals surface area contributed by atoms with Crippen molar-refractivity contribution in [2.75, 3.05) is 20.3 Å². The molecule has 0 fully saturated rings. The number of rotatable bonds is 13. The molecule has 0 heterocycles. The zero-order valence-corrected chi connectivity index (χ0v) is 17.2. The molecule has 0 saturated heterocycles. The van der Waals surface area contributed by atoms with E-state index in [4.69, 9.17) is 9.47 Å². The van der Waals surface area contributed by atoms with Gasteiger partial charge in [0.15, 0.2) is 0 Å². The van der Waals surface area contributed by atoms with Crippen LogP contribution in [0.3, 0.4) is 0 Å². The highest BCUT2D eigenvalue weighted by molar-refractivity contribution is 5.87. The quantitative estimate of drug-likeness (QED) is 0.462. The lowest BCUT2D eigenvalue weighted by atomic mass is 9.94. The minimum atomic E-state index is -0.352. The summed E-state index contributed by atoms with van der Waals surface area (Å²) in [5.74, 6) is -0.0328. The maximum atomic E-state index is 13.1. The van der Waals surface area contributed by atoms with Crippen LogP contribution in [0.25, 0.3) is 0 Å². The van der Waals surface area contributed by atoms with Crippen LogP contribution in [0.4, 0.5) is 4.39 Å². The van der Waals surface area contributed by atoms with E-state index in [9.17, 15) is 14.0 Å². The summed E-state index contributed by atoms with van der Waals surface area (Å²) in [4.78, 5) is 23.7. The van der Waals surface area contributed by atoms with Crippen LogP contribution in [-0.2, 0) is 27.2 Å². The third-order valence-corrected chi connectivity index (χ3v) is 4.71. The molecule has 0 amide bonds. The van der Waals surface area contributed by atoms with E-state index >= 15 is 0 Å². The second-order valence-corrected chi connectivity index (χ2v) is 7.25. The lowest BCUT2D eigenvalue weighted by Crippen LogP contribution is -2.22. The van der Waals surface area contributed by atoms with Crippen molar-refractivity contribution >= 4 is 11.6 Å². The molecule has 2 aromatic carbocycles. The highest BCUT2D eigenvalue weighted by Gasteiger charge is 2.19. The molecule has 0 aliphatic rings. The van der Waals surface area contributed by atoms with Crippen molar-refractivity contribution in [3.8, 4) is 5.75 Å². The first-order valence-electron chi connectivity index (χ1n) is 9.95. The van der Waals surface area contributed by atoms with Gasteiger partial charge in [-0.1, -0.05) is 30.3 Å². The van der Waals surface area contributed by atoms with Gasteiger partial charge in [0.1, 0.15) is 23.1 Å². The van der Waals surface area contributed by atoms with Crippen molar-refractivity contribution < 1.29 is 23.5 Å². The zero-order chi connectivity index (χ0) is 21.1. The van der Waals surface area contributed by atoms with Gasteiger partial charge in [-0.15, -0.1) is 0 Å². The monoisotopic (exact) mass is 400 g/mol. The first-order valence-corrected chi connectivity index (χ1v) is 9.95. The van der Waals surface area contributed by atoms with Gasteiger partial charge in [0.2, 0.25) is 0 Å². The molecule has 0 bridgehead atoms. The van der Waals surface area contributed by atoms with Crippen LogP contribution in [0.15, 0.2) is 48.5 Å². The molecule has 0 unspecified atom stereocenters. The predicted octanol–water partition coefficient (Wildman–Crippen LogP) is 4.58. The van der Waals surface area contributed by atoms with Gasteiger partial charge in [-0.3, -0.25) is 4.79 Å². The van der Waals surface area contributed by atoms with Crippen LogP contribution in [0.1, 0.15) is 37.3 Å². The van der Waals surface area contributed by atoms with E-state index < -0.39 is 0 Å². The van der Waals surface area contributed by atoms with Crippen LogP contribution >= 0.6 is 0 Å². The van der Waals surface area contributed by atoms with Crippen LogP contribution < -0.4 is 4.74 Å². The van der Waals surface area contributed by atoms with Crippen molar-refractivity contribution in [2.24, 2.45) is 5.92 Å². The summed E-state index contributed by atoms with van der Waals surface area (Å²) in [7, 11) is 1.54. The van der Waals surface area contributed by atoms with Crippen LogP contribution in [-0.4, -0.2) is 31.9 Å². The van der Waals surface area contributed by atoms with Crippen molar-refractivity contribution in [3.63, 3.8) is 0 Å². The summed E-state index contributed by atoms with van der Waals surface area (Å²) < 4.78 is 23.7. The number of carbonyl (C=O) groups excluding carboxylic acids is 2. The van der Waals surface area contributed by atoms with E-state index in [2.05, 4.69) is 12.1 Å². The molecule has 0 aliphatic heterocycles. The molecule has 0 spiro atoms.